The van der Waals surface area contributed by atoms with Crippen molar-refractivity contribution in [3.05, 3.63) is 41.0 Å². The molecule has 1 aromatic rings. The Morgan fingerprint density at radius 3 is 2.81 bits per heavy atom. The van der Waals surface area contributed by atoms with Crippen molar-refractivity contribution < 1.29 is 18.7 Å². The normalized spacial score (nSPS) is 21.2. The quantitative estimate of drug-likeness (QED) is 0.693. The number of amides is 1. The summed E-state index contributed by atoms with van der Waals surface area (Å²) in [6.45, 7) is 0. The van der Waals surface area contributed by atoms with E-state index < -0.39 is 23.6 Å². The molecule has 0 saturated heterocycles. The molecule has 0 radical (unpaired) electrons. The van der Waals surface area contributed by atoms with Gasteiger partial charge in [-0.1, -0.05) is 0 Å². The van der Waals surface area contributed by atoms with Crippen LogP contribution in [0.1, 0.15) is 11.1 Å². The number of halogens is 2. The molecule has 0 aromatic heterocycles. The first kappa shape index (κ1) is 10.8. The van der Waals surface area contributed by atoms with Crippen molar-refractivity contribution in [3.63, 3.8) is 0 Å². The van der Waals surface area contributed by atoms with Crippen molar-refractivity contribution in [3.8, 4) is 0 Å². The number of hydrogen-bond donors (Lipinski definition) is 2. The number of benzene rings is 1. The molecule has 3 N–H and O–H groups in total. The lowest BCUT2D eigenvalue weighted by molar-refractivity contribution is -0.113. The number of aliphatic hydroxyl groups is 1. The maximum absolute atomic E-state index is 13.3. The fraction of sp³-hybridized carbons (Fsp3) is 0.182. The van der Waals surface area contributed by atoms with Crippen LogP contribution in [0.2, 0.25) is 0 Å². The summed E-state index contributed by atoms with van der Waals surface area (Å²) in [4.78, 5) is 10.7. The van der Waals surface area contributed by atoms with Crippen molar-refractivity contribution in [2.45, 2.75) is 12.5 Å². The maximum Gasteiger partial charge on any atom is 0.241 e. The zero-order valence-electron chi connectivity index (χ0n) is 8.21. The zero-order chi connectivity index (χ0) is 11.9. The molecule has 84 valence electrons. The van der Waals surface area contributed by atoms with E-state index in [0.29, 0.717) is 0 Å². The number of carbonyl (C=O) groups excluding carboxylic acids is 1. The van der Waals surface area contributed by atoms with Crippen LogP contribution in [0.5, 0.6) is 0 Å². The van der Waals surface area contributed by atoms with E-state index in [1.807, 2.05) is 0 Å². The number of nitrogens with two attached hydrogens (primary N) is 1. The number of carbonyl (C=O) groups is 1. The molecule has 3 nitrogen and oxygen atoms in total. The molecule has 1 aliphatic rings. The molecule has 1 aromatic carbocycles. The Morgan fingerprint density at radius 1 is 1.50 bits per heavy atom. The molecule has 5 heteroatoms. The molecule has 0 saturated carbocycles. The average Bonchev–Trinajstić information content (AvgIpc) is 2.45. The Bertz CT molecular complexity index is 497. The van der Waals surface area contributed by atoms with Gasteiger partial charge in [-0.2, -0.15) is 0 Å². The topological polar surface area (TPSA) is 63.3 Å². The Kier molecular flexibility index (Phi) is 2.47. The van der Waals surface area contributed by atoms with Gasteiger partial charge in [0.1, 0.15) is 11.6 Å². The molecular formula is C11H9F2NO2. The van der Waals surface area contributed by atoms with Gasteiger partial charge in [0.2, 0.25) is 5.91 Å². The molecule has 2 rings (SSSR count). The van der Waals surface area contributed by atoms with Gasteiger partial charge in [-0.3, -0.25) is 4.79 Å². The number of fused-ring (bicyclic) bond motifs is 1. The molecule has 0 heterocycles. The highest BCUT2D eigenvalue weighted by atomic mass is 19.1. The minimum atomic E-state index is -1.02. The second-order valence-electron chi connectivity index (χ2n) is 3.64. The van der Waals surface area contributed by atoms with Crippen LogP contribution in [0.15, 0.2) is 18.2 Å². The summed E-state index contributed by atoms with van der Waals surface area (Å²) >= 11 is 0. The van der Waals surface area contributed by atoms with Crippen molar-refractivity contribution >= 4 is 11.5 Å². The standard InChI is InChI=1S/C11H9F2NO2/c12-5-1-6-7(9(13)2-5)3-10(15)8(6)4-11(14)16/h1-2,4,10,15H,3H2,(H2,14,16). The summed E-state index contributed by atoms with van der Waals surface area (Å²) in [5.41, 5.74) is 5.54. The molecule has 0 fully saturated rings. The van der Waals surface area contributed by atoms with E-state index in [0.717, 1.165) is 18.2 Å². The van der Waals surface area contributed by atoms with Gasteiger partial charge in [0.25, 0.3) is 0 Å². The lowest BCUT2D eigenvalue weighted by Crippen LogP contribution is -2.11. The molecule has 16 heavy (non-hydrogen) atoms. The van der Waals surface area contributed by atoms with Crippen LogP contribution in [-0.4, -0.2) is 17.1 Å². The number of rotatable bonds is 1. The lowest BCUT2D eigenvalue weighted by Gasteiger charge is -2.03. The minimum Gasteiger partial charge on any atom is -0.388 e. The summed E-state index contributed by atoms with van der Waals surface area (Å²) in [5.74, 6) is -2.23. The third-order valence-corrected chi connectivity index (χ3v) is 2.53. The van der Waals surface area contributed by atoms with Crippen molar-refractivity contribution in [1.29, 1.82) is 0 Å². The predicted molar refractivity (Wildman–Crippen MR) is 53.2 cm³/mol. The van der Waals surface area contributed by atoms with Gasteiger partial charge in [-0.15, -0.1) is 0 Å². The minimum absolute atomic E-state index is 0.0283. The van der Waals surface area contributed by atoms with Gasteiger partial charge in [-0.25, -0.2) is 8.78 Å². The number of primary amides is 1. The fourth-order valence-corrected chi connectivity index (χ4v) is 1.88. The molecule has 0 aliphatic heterocycles. The first-order valence-corrected chi connectivity index (χ1v) is 4.66. The van der Waals surface area contributed by atoms with Gasteiger partial charge in [-0.05, 0) is 22.8 Å². The number of aliphatic hydroxyl groups excluding tert-OH is 1. The molecule has 1 atom stereocenters. The first-order valence-electron chi connectivity index (χ1n) is 4.66. The Hall–Kier alpha value is -1.75. The summed E-state index contributed by atoms with van der Waals surface area (Å²) in [6, 6.07) is 1.84. The van der Waals surface area contributed by atoms with E-state index in [1.54, 1.807) is 0 Å². The molecular weight excluding hydrogens is 216 g/mol. The summed E-state index contributed by atoms with van der Waals surface area (Å²) < 4.78 is 26.3. The monoisotopic (exact) mass is 225 g/mol. The molecule has 1 unspecified atom stereocenters. The van der Waals surface area contributed by atoms with Crippen LogP contribution >= 0.6 is 0 Å². The van der Waals surface area contributed by atoms with E-state index in [1.165, 1.54) is 0 Å². The predicted octanol–water partition coefficient (Wildman–Crippen LogP) is 0.751. The first-order chi connectivity index (χ1) is 7.49. The molecule has 0 bridgehead atoms. The molecule has 1 amide bonds. The van der Waals surface area contributed by atoms with Crippen molar-refractivity contribution in [2.75, 3.05) is 0 Å². The summed E-state index contributed by atoms with van der Waals surface area (Å²) in [6.07, 6.45) is 0.00875. The zero-order valence-corrected chi connectivity index (χ0v) is 8.21. The van der Waals surface area contributed by atoms with E-state index in [2.05, 4.69) is 0 Å². The van der Waals surface area contributed by atoms with Crippen LogP contribution < -0.4 is 5.73 Å². The Labute approximate surface area is 90.2 Å². The maximum atomic E-state index is 13.3. The van der Waals surface area contributed by atoms with Crippen molar-refractivity contribution in [2.24, 2.45) is 5.73 Å². The second kappa shape index (κ2) is 3.68. The summed E-state index contributed by atoms with van der Waals surface area (Å²) in [7, 11) is 0. The largest absolute Gasteiger partial charge is 0.388 e. The van der Waals surface area contributed by atoms with Crippen LogP contribution in [0.3, 0.4) is 0 Å². The van der Waals surface area contributed by atoms with E-state index in [9.17, 15) is 18.7 Å². The summed E-state index contributed by atoms with van der Waals surface area (Å²) in [5, 5.41) is 9.61. The SMILES string of the molecule is NC(=O)C=C1c2cc(F)cc(F)c2CC1O. The van der Waals surface area contributed by atoms with Gasteiger partial charge < -0.3 is 10.8 Å². The molecule has 0 spiro atoms. The molecule has 1 aliphatic carbocycles. The van der Waals surface area contributed by atoms with E-state index >= 15 is 0 Å². The van der Waals surface area contributed by atoms with Gasteiger partial charge in [0, 0.05) is 18.6 Å². The Morgan fingerprint density at radius 2 is 2.19 bits per heavy atom. The van der Waals surface area contributed by atoms with Gasteiger partial charge in [0.05, 0.1) is 6.10 Å². The fourth-order valence-electron chi connectivity index (χ4n) is 1.88. The van der Waals surface area contributed by atoms with Crippen molar-refractivity contribution in [1.82, 2.24) is 0 Å². The third-order valence-electron chi connectivity index (χ3n) is 2.53. The van der Waals surface area contributed by atoms with Crippen LogP contribution in [-0.2, 0) is 11.2 Å². The lowest BCUT2D eigenvalue weighted by atomic mass is 10.1. The Balaban J connectivity index is 2.61. The average molecular weight is 225 g/mol. The van der Waals surface area contributed by atoms with Crippen LogP contribution in [0.4, 0.5) is 8.78 Å². The highest BCUT2D eigenvalue weighted by Gasteiger charge is 2.28. The van der Waals surface area contributed by atoms with Crippen LogP contribution in [0, 0.1) is 11.6 Å². The highest BCUT2D eigenvalue weighted by molar-refractivity contribution is 5.96. The number of hydrogen-bond acceptors (Lipinski definition) is 2. The van der Waals surface area contributed by atoms with Crippen LogP contribution in [0.25, 0.3) is 5.57 Å². The second-order valence-corrected chi connectivity index (χ2v) is 3.64. The van der Waals surface area contributed by atoms with E-state index in [-0.39, 0.29) is 23.1 Å². The highest BCUT2D eigenvalue weighted by Crippen LogP contribution is 2.34. The smallest absolute Gasteiger partial charge is 0.241 e. The van der Waals surface area contributed by atoms with Gasteiger partial charge >= 0.3 is 0 Å². The third kappa shape index (κ3) is 1.69. The van der Waals surface area contributed by atoms with Gasteiger partial charge in [0.15, 0.2) is 0 Å². The van der Waals surface area contributed by atoms with E-state index in [4.69, 9.17) is 5.73 Å².